The lowest BCUT2D eigenvalue weighted by molar-refractivity contribution is 0.0472. The van der Waals surface area contributed by atoms with Gasteiger partial charge in [-0.1, -0.05) is 46.8 Å². The second-order valence-corrected chi connectivity index (χ2v) is 7.80. The highest BCUT2D eigenvalue weighted by Crippen LogP contribution is 2.44. The van der Waals surface area contributed by atoms with Crippen LogP contribution in [0.1, 0.15) is 55.3 Å². The second kappa shape index (κ2) is 6.29. The summed E-state index contributed by atoms with van der Waals surface area (Å²) in [5.74, 6) is 0.0759. The molecule has 0 N–H and O–H groups in total. The van der Waals surface area contributed by atoms with Crippen molar-refractivity contribution in [2.24, 2.45) is 5.41 Å². The zero-order valence-electron chi connectivity index (χ0n) is 12.2. The van der Waals surface area contributed by atoms with Crippen LogP contribution in [-0.4, -0.2) is 23.9 Å². The highest BCUT2D eigenvalue weighted by molar-refractivity contribution is 9.10. The lowest BCUT2D eigenvalue weighted by Gasteiger charge is -2.44. The Kier molecular flexibility index (Phi) is 4.60. The Labute approximate surface area is 140 Å². The van der Waals surface area contributed by atoms with Gasteiger partial charge in [-0.15, -0.1) is 0 Å². The van der Waals surface area contributed by atoms with E-state index in [1.54, 1.807) is 6.07 Å². The maximum absolute atomic E-state index is 12.7. The van der Waals surface area contributed by atoms with Crippen molar-refractivity contribution in [2.75, 3.05) is 13.1 Å². The lowest BCUT2D eigenvalue weighted by Crippen LogP contribution is -2.44. The van der Waals surface area contributed by atoms with Gasteiger partial charge in [0, 0.05) is 17.6 Å². The first-order valence-corrected chi connectivity index (χ1v) is 9.01. The van der Waals surface area contributed by atoms with E-state index < -0.39 is 0 Å². The minimum atomic E-state index is 0.0759. The summed E-state index contributed by atoms with van der Waals surface area (Å²) in [6.45, 7) is 1.75. The SMILES string of the molecule is O=C(c1cc(Br)ccc1Cl)N1CCC2(CCCCC2)CC1. The smallest absolute Gasteiger partial charge is 0.255 e. The number of rotatable bonds is 1. The van der Waals surface area contributed by atoms with Crippen LogP contribution in [0.3, 0.4) is 0 Å². The number of carbonyl (C=O) groups is 1. The molecule has 3 rings (SSSR count). The third-order valence-electron chi connectivity index (χ3n) is 5.18. The number of likely N-dealkylation sites (tertiary alicyclic amines) is 1. The van der Waals surface area contributed by atoms with Crippen LogP contribution in [0, 0.1) is 5.41 Å². The maximum atomic E-state index is 12.7. The van der Waals surface area contributed by atoms with E-state index in [0.29, 0.717) is 16.0 Å². The summed E-state index contributed by atoms with van der Waals surface area (Å²) in [6, 6.07) is 5.48. The van der Waals surface area contributed by atoms with Crippen LogP contribution in [0.4, 0.5) is 0 Å². The van der Waals surface area contributed by atoms with Crippen molar-refractivity contribution in [3.63, 3.8) is 0 Å². The molecule has 1 aliphatic carbocycles. The number of carbonyl (C=O) groups excluding carboxylic acids is 1. The molecule has 0 atom stereocenters. The Hall–Kier alpha value is -0.540. The molecule has 0 unspecified atom stereocenters. The monoisotopic (exact) mass is 369 g/mol. The molecule has 4 heteroatoms. The van der Waals surface area contributed by atoms with Crippen LogP contribution in [0.15, 0.2) is 22.7 Å². The highest BCUT2D eigenvalue weighted by atomic mass is 79.9. The molecule has 2 aliphatic rings. The number of amides is 1. The fourth-order valence-corrected chi connectivity index (χ4v) is 4.38. The molecule has 1 saturated heterocycles. The zero-order valence-corrected chi connectivity index (χ0v) is 14.5. The van der Waals surface area contributed by atoms with E-state index in [1.165, 1.54) is 32.1 Å². The fraction of sp³-hybridized carbons (Fsp3) is 0.588. The molecule has 1 spiro atoms. The molecule has 1 aromatic rings. The number of benzene rings is 1. The van der Waals surface area contributed by atoms with Gasteiger partial charge in [0.2, 0.25) is 0 Å². The number of nitrogens with zero attached hydrogens (tertiary/aromatic N) is 1. The summed E-state index contributed by atoms with van der Waals surface area (Å²) < 4.78 is 0.899. The summed E-state index contributed by atoms with van der Waals surface area (Å²) in [5, 5.41) is 0.543. The van der Waals surface area contributed by atoms with Gasteiger partial charge < -0.3 is 4.90 Å². The molecule has 0 aromatic heterocycles. The van der Waals surface area contributed by atoms with E-state index >= 15 is 0 Å². The van der Waals surface area contributed by atoms with E-state index in [1.807, 2.05) is 17.0 Å². The molecular weight excluding hydrogens is 350 g/mol. The Bertz CT molecular complexity index is 530. The van der Waals surface area contributed by atoms with Gasteiger partial charge in [-0.25, -0.2) is 0 Å². The summed E-state index contributed by atoms with van der Waals surface area (Å²) in [6.07, 6.45) is 9.14. The molecular formula is C17H21BrClNO. The third kappa shape index (κ3) is 3.29. The van der Waals surface area contributed by atoms with Gasteiger partial charge in [0.1, 0.15) is 0 Å². The molecule has 0 bridgehead atoms. The van der Waals surface area contributed by atoms with Gasteiger partial charge in [-0.2, -0.15) is 0 Å². The largest absolute Gasteiger partial charge is 0.339 e. The van der Waals surface area contributed by atoms with Gasteiger partial charge in [-0.3, -0.25) is 4.79 Å². The number of hydrogen-bond acceptors (Lipinski definition) is 1. The predicted molar refractivity (Wildman–Crippen MR) is 89.8 cm³/mol. The summed E-state index contributed by atoms with van der Waals surface area (Å²) in [4.78, 5) is 14.6. The Balaban J connectivity index is 1.69. The van der Waals surface area contributed by atoms with Gasteiger partial charge in [0.05, 0.1) is 10.6 Å². The molecule has 1 saturated carbocycles. The first-order valence-electron chi connectivity index (χ1n) is 7.84. The molecule has 21 heavy (non-hydrogen) atoms. The zero-order chi connectivity index (χ0) is 14.9. The average molecular weight is 371 g/mol. The minimum absolute atomic E-state index is 0.0759. The van der Waals surface area contributed by atoms with E-state index in [2.05, 4.69) is 15.9 Å². The minimum Gasteiger partial charge on any atom is -0.339 e. The van der Waals surface area contributed by atoms with Gasteiger partial charge in [0.15, 0.2) is 0 Å². The first-order chi connectivity index (χ1) is 10.1. The molecule has 114 valence electrons. The number of halogens is 2. The molecule has 1 heterocycles. The highest BCUT2D eigenvalue weighted by Gasteiger charge is 2.37. The van der Waals surface area contributed by atoms with Crippen molar-refractivity contribution in [1.82, 2.24) is 4.90 Å². The van der Waals surface area contributed by atoms with Crippen LogP contribution in [0.5, 0.6) is 0 Å². The normalized spacial score (nSPS) is 21.5. The second-order valence-electron chi connectivity index (χ2n) is 6.48. The fourth-order valence-electron chi connectivity index (χ4n) is 3.82. The lowest BCUT2D eigenvalue weighted by atomic mass is 9.68. The van der Waals surface area contributed by atoms with Crippen LogP contribution in [0.2, 0.25) is 5.02 Å². The molecule has 1 aliphatic heterocycles. The quantitative estimate of drug-likeness (QED) is 0.658. The van der Waals surface area contributed by atoms with Gasteiger partial charge >= 0.3 is 0 Å². The number of hydrogen-bond donors (Lipinski definition) is 0. The summed E-state index contributed by atoms with van der Waals surface area (Å²) in [7, 11) is 0. The molecule has 1 amide bonds. The van der Waals surface area contributed by atoms with Crippen molar-refractivity contribution in [3.8, 4) is 0 Å². The predicted octanol–water partition coefficient (Wildman–Crippen LogP) is 5.29. The molecule has 2 nitrogen and oxygen atoms in total. The Morgan fingerprint density at radius 2 is 1.76 bits per heavy atom. The van der Waals surface area contributed by atoms with Gasteiger partial charge in [0.25, 0.3) is 5.91 Å². The standard InChI is InChI=1S/C17H21BrClNO/c18-13-4-5-15(19)14(12-13)16(21)20-10-8-17(9-11-20)6-2-1-3-7-17/h4-5,12H,1-3,6-11H2. The van der Waals surface area contributed by atoms with E-state index in [-0.39, 0.29) is 5.91 Å². The Morgan fingerprint density at radius 1 is 1.10 bits per heavy atom. The molecule has 0 radical (unpaired) electrons. The molecule has 1 aromatic carbocycles. The van der Waals surface area contributed by atoms with Crippen LogP contribution in [0.25, 0.3) is 0 Å². The van der Waals surface area contributed by atoms with E-state index in [9.17, 15) is 4.79 Å². The van der Waals surface area contributed by atoms with Crippen LogP contribution < -0.4 is 0 Å². The van der Waals surface area contributed by atoms with Crippen molar-refractivity contribution < 1.29 is 4.79 Å². The maximum Gasteiger partial charge on any atom is 0.255 e. The van der Waals surface area contributed by atoms with Crippen molar-refractivity contribution in [3.05, 3.63) is 33.3 Å². The van der Waals surface area contributed by atoms with E-state index in [4.69, 9.17) is 11.6 Å². The van der Waals surface area contributed by atoms with Crippen LogP contribution in [-0.2, 0) is 0 Å². The van der Waals surface area contributed by atoms with E-state index in [0.717, 1.165) is 30.4 Å². The average Bonchev–Trinajstić information content (AvgIpc) is 2.51. The number of piperidine rings is 1. The van der Waals surface area contributed by atoms with Crippen molar-refractivity contribution in [2.45, 2.75) is 44.9 Å². The topological polar surface area (TPSA) is 20.3 Å². The van der Waals surface area contributed by atoms with Gasteiger partial charge in [-0.05, 0) is 49.3 Å². The Morgan fingerprint density at radius 3 is 2.43 bits per heavy atom. The van der Waals surface area contributed by atoms with Crippen molar-refractivity contribution >= 4 is 33.4 Å². The summed E-state index contributed by atoms with van der Waals surface area (Å²) >= 11 is 9.60. The molecule has 2 fully saturated rings. The third-order valence-corrected chi connectivity index (χ3v) is 6.01. The van der Waals surface area contributed by atoms with Crippen molar-refractivity contribution in [1.29, 1.82) is 0 Å². The first kappa shape index (κ1) is 15.4. The van der Waals surface area contributed by atoms with Crippen LogP contribution >= 0.6 is 27.5 Å². The summed E-state index contributed by atoms with van der Waals surface area (Å²) in [5.41, 5.74) is 1.14.